The van der Waals surface area contributed by atoms with Crippen LogP contribution in [0.2, 0.25) is 0 Å². The zero-order valence-electron chi connectivity index (χ0n) is 34.9. The van der Waals surface area contributed by atoms with Gasteiger partial charge in [0, 0.05) is 62.5 Å². The average Bonchev–Trinajstić information content (AvgIpc) is 4.12. The van der Waals surface area contributed by atoms with Crippen molar-refractivity contribution >= 4 is 107 Å². The van der Waals surface area contributed by atoms with Gasteiger partial charge >= 0.3 is 0 Å². The Hall–Kier alpha value is -7.96. The molecule has 0 radical (unpaired) electrons. The minimum Gasteiger partial charge on any atom is -0.456 e. The van der Waals surface area contributed by atoms with Crippen molar-refractivity contribution in [3.8, 4) is 45.1 Å². The molecule has 0 spiro atoms. The fourth-order valence-electron chi connectivity index (χ4n) is 10.2. The minimum absolute atomic E-state index is 0.817. The Morgan fingerprint density at radius 1 is 0.277 bits per heavy atom. The maximum atomic E-state index is 7.42. The number of hydrogen-bond acceptors (Lipinski definition) is 3. The third-order valence-electron chi connectivity index (χ3n) is 13.2. The summed E-state index contributed by atoms with van der Waals surface area (Å²) in [4.78, 5) is 0. The predicted octanol–water partition coefficient (Wildman–Crippen LogP) is 17.7. The van der Waals surface area contributed by atoms with Crippen LogP contribution in [0.1, 0.15) is 0 Å². The number of nitrogens with zero attached hydrogens (tertiary/aromatic N) is 2. The van der Waals surface area contributed by atoms with E-state index in [9.17, 15) is 0 Å². The van der Waals surface area contributed by atoms with Crippen LogP contribution in [-0.2, 0) is 0 Å². The molecule has 0 saturated heterocycles. The highest BCUT2D eigenvalue weighted by molar-refractivity contribution is 7.26. The summed E-state index contributed by atoms with van der Waals surface area (Å²) < 4.78 is 17.4. The van der Waals surface area contributed by atoms with Crippen molar-refractivity contribution in [2.24, 2.45) is 0 Å². The fraction of sp³-hybridized carbons (Fsp3) is 0. The third-order valence-corrected chi connectivity index (χ3v) is 15.5. The molecule has 0 N–H and O–H groups in total. The van der Waals surface area contributed by atoms with Gasteiger partial charge in [-0.15, -0.1) is 22.7 Å². The van der Waals surface area contributed by atoms with E-state index in [1.807, 2.05) is 22.7 Å². The zero-order chi connectivity index (χ0) is 42.6. The first-order chi connectivity index (χ1) is 32.2. The van der Waals surface area contributed by atoms with Crippen LogP contribution >= 0.6 is 22.7 Å². The molecule has 0 saturated carbocycles. The smallest absolute Gasteiger partial charge is 0.137 e. The summed E-state index contributed by atoms with van der Waals surface area (Å²) in [6.07, 6.45) is 0. The van der Waals surface area contributed by atoms with E-state index in [4.69, 9.17) is 4.74 Å². The SMILES string of the molecule is c1ccc(-c2ccc3c(c2)c2c(Oc4cccc5c4c4cc(-c6ccccc6)ccc4n5-c4ccc5sc6ccccc6c5c4)cccc2n3-c2ccc3sc4ccccc4c3c2)cc1. The molecule has 4 aromatic heterocycles. The molecule has 0 unspecified atom stereocenters. The summed E-state index contributed by atoms with van der Waals surface area (Å²) in [5, 5.41) is 9.57. The number of aromatic nitrogens is 2. The number of hydrogen-bond donors (Lipinski definition) is 0. The topological polar surface area (TPSA) is 19.1 Å². The van der Waals surface area contributed by atoms with Gasteiger partial charge in [-0.1, -0.05) is 121 Å². The quantitative estimate of drug-likeness (QED) is 0.163. The van der Waals surface area contributed by atoms with Gasteiger partial charge in [0.2, 0.25) is 0 Å². The van der Waals surface area contributed by atoms with Crippen LogP contribution in [0.4, 0.5) is 0 Å². The molecule has 14 aromatic rings. The van der Waals surface area contributed by atoms with E-state index in [-0.39, 0.29) is 0 Å². The van der Waals surface area contributed by atoms with Gasteiger partial charge in [0.05, 0.1) is 32.8 Å². The maximum Gasteiger partial charge on any atom is 0.137 e. The molecule has 10 aromatic carbocycles. The standard InChI is InChI=1S/C60H36N2OS2/c1-3-13-37(14-4-1)39-25-29-49-47(33-39)59-51(61(49)41-27-31-57-45(35-41)43-17-7-9-23-55(43)64-57)19-11-21-53(59)63-54-22-12-20-52-60(54)48-34-40(38-15-5-2-6-16-38)26-30-50(48)62(52)42-28-32-58-46(36-42)44-18-8-10-24-56(44)65-58/h1-36H. The number of benzene rings is 10. The lowest BCUT2D eigenvalue weighted by molar-refractivity contribution is 0.495. The molecule has 0 atom stereocenters. The van der Waals surface area contributed by atoms with Crippen LogP contribution in [0.3, 0.4) is 0 Å². The van der Waals surface area contributed by atoms with E-state index in [0.29, 0.717) is 0 Å². The molecule has 14 rings (SSSR count). The molecule has 0 bridgehead atoms. The summed E-state index contributed by atoms with van der Waals surface area (Å²) in [5.74, 6) is 1.63. The van der Waals surface area contributed by atoms with Crippen LogP contribution in [0.25, 0.3) is 118 Å². The highest BCUT2D eigenvalue weighted by Gasteiger charge is 2.22. The Bertz CT molecular complexity index is 3940. The molecule has 0 aliphatic heterocycles. The number of rotatable bonds is 6. The summed E-state index contributed by atoms with van der Waals surface area (Å²) in [6.45, 7) is 0. The first-order valence-corrected chi connectivity index (χ1v) is 23.6. The van der Waals surface area contributed by atoms with Gasteiger partial charge in [0.25, 0.3) is 0 Å². The van der Waals surface area contributed by atoms with E-state index in [1.54, 1.807) is 0 Å². The number of thiophene rings is 2. The Balaban J connectivity index is 1.01. The molecule has 0 aliphatic rings. The normalized spacial score (nSPS) is 12.0. The van der Waals surface area contributed by atoms with Crippen LogP contribution in [-0.4, -0.2) is 9.13 Å². The first-order valence-electron chi connectivity index (χ1n) is 22.0. The Kier molecular flexibility index (Phi) is 8.02. The van der Waals surface area contributed by atoms with E-state index >= 15 is 0 Å². The lowest BCUT2D eigenvalue weighted by atomic mass is 10.0. The summed E-state index contributed by atoms with van der Waals surface area (Å²) in [5.41, 5.74) is 11.4. The molecule has 0 aliphatic carbocycles. The van der Waals surface area contributed by atoms with Crippen molar-refractivity contribution in [2.75, 3.05) is 0 Å². The molecular weight excluding hydrogens is 829 g/mol. The van der Waals surface area contributed by atoms with Crippen LogP contribution in [0, 0.1) is 0 Å². The van der Waals surface area contributed by atoms with Gasteiger partial charge in [0.1, 0.15) is 11.5 Å². The average molecular weight is 865 g/mol. The minimum atomic E-state index is 0.817. The van der Waals surface area contributed by atoms with E-state index in [2.05, 4.69) is 228 Å². The molecule has 5 heteroatoms. The second-order valence-corrected chi connectivity index (χ2v) is 19.0. The Labute approximate surface area is 381 Å². The van der Waals surface area contributed by atoms with Crippen LogP contribution in [0.15, 0.2) is 218 Å². The van der Waals surface area contributed by atoms with Gasteiger partial charge in [-0.25, -0.2) is 0 Å². The summed E-state index contributed by atoms with van der Waals surface area (Å²) in [6, 6.07) is 79.4. The van der Waals surface area contributed by atoms with Crippen molar-refractivity contribution in [1.82, 2.24) is 9.13 Å². The first kappa shape index (κ1) is 36.5. The molecule has 65 heavy (non-hydrogen) atoms. The molecular formula is C60H36N2OS2. The Morgan fingerprint density at radius 2 is 0.708 bits per heavy atom. The largest absolute Gasteiger partial charge is 0.456 e. The monoisotopic (exact) mass is 864 g/mol. The van der Waals surface area contributed by atoms with Crippen LogP contribution < -0.4 is 4.74 Å². The van der Waals surface area contributed by atoms with Crippen molar-refractivity contribution in [3.63, 3.8) is 0 Å². The predicted molar refractivity (Wildman–Crippen MR) is 278 cm³/mol. The van der Waals surface area contributed by atoms with Crippen molar-refractivity contribution < 1.29 is 4.74 Å². The van der Waals surface area contributed by atoms with E-state index in [1.165, 1.54) is 62.6 Å². The maximum absolute atomic E-state index is 7.42. The fourth-order valence-corrected chi connectivity index (χ4v) is 12.4. The molecule has 4 heterocycles. The van der Waals surface area contributed by atoms with E-state index < -0.39 is 0 Å². The zero-order valence-corrected chi connectivity index (χ0v) is 36.5. The second-order valence-electron chi connectivity index (χ2n) is 16.8. The third kappa shape index (κ3) is 5.66. The van der Waals surface area contributed by atoms with Gasteiger partial charge in [-0.2, -0.15) is 0 Å². The van der Waals surface area contributed by atoms with Gasteiger partial charge in [-0.05, 0) is 119 Å². The van der Waals surface area contributed by atoms with Crippen molar-refractivity contribution in [3.05, 3.63) is 218 Å². The van der Waals surface area contributed by atoms with Gasteiger partial charge in [-0.3, -0.25) is 0 Å². The Morgan fingerprint density at radius 3 is 1.18 bits per heavy atom. The van der Waals surface area contributed by atoms with E-state index in [0.717, 1.165) is 66.5 Å². The lowest BCUT2D eigenvalue weighted by Gasteiger charge is -2.12. The van der Waals surface area contributed by atoms with Crippen LogP contribution in [0.5, 0.6) is 11.5 Å². The lowest BCUT2D eigenvalue weighted by Crippen LogP contribution is -1.94. The highest BCUT2D eigenvalue weighted by Crippen LogP contribution is 2.46. The molecule has 3 nitrogen and oxygen atoms in total. The number of ether oxygens (including phenoxy) is 1. The summed E-state index contributed by atoms with van der Waals surface area (Å²) in [7, 11) is 0. The molecule has 304 valence electrons. The second kappa shape index (κ2) is 14.3. The molecule has 0 amide bonds. The summed E-state index contributed by atoms with van der Waals surface area (Å²) >= 11 is 3.70. The van der Waals surface area contributed by atoms with Gasteiger partial charge < -0.3 is 13.9 Å². The highest BCUT2D eigenvalue weighted by atomic mass is 32.1. The van der Waals surface area contributed by atoms with Crippen molar-refractivity contribution in [2.45, 2.75) is 0 Å². The molecule has 0 fully saturated rings. The van der Waals surface area contributed by atoms with Crippen molar-refractivity contribution in [1.29, 1.82) is 0 Å². The van der Waals surface area contributed by atoms with Gasteiger partial charge in [0.15, 0.2) is 0 Å². The number of fused-ring (bicyclic) bond motifs is 12.